The van der Waals surface area contributed by atoms with Crippen LogP contribution in [-0.4, -0.2) is 26.2 Å². The molecule has 0 aliphatic carbocycles. The molecule has 0 spiro atoms. The van der Waals surface area contributed by atoms with Crippen molar-refractivity contribution in [3.8, 4) is 0 Å². The summed E-state index contributed by atoms with van der Waals surface area (Å²) >= 11 is 0. The van der Waals surface area contributed by atoms with E-state index in [0.29, 0.717) is 18.9 Å². The zero-order valence-corrected chi connectivity index (χ0v) is 11.4. The number of aliphatic hydroxyl groups is 1. The fourth-order valence-electron chi connectivity index (χ4n) is 1.48. The van der Waals surface area contributed by atoms with Crippen molar-refractivity contribution >= 4 is 10.0 Å². The Bertz CT molecular complexity index is 520. The first-order valence-corrected chi connectivity index (χ1v) is 7.58. The molecule has 0 fully saturated rings. The molecule has 0 aliphatic heterocycles. The summed E-state index contributed by atoms with van der Waals surface area (Å²) in [7, 11) is -3.70. The molecule has 1 aromatic carbocycles. The highest BCUT2D eigenvalue weighted by Crippen LogP contribution is 2.12. The zero-order chi connectivity index (χ0) is 14.5. The number of rotatable bonds is 7. The molecule has 0 amide bonds. The number of nitrogens with one attached hydrogen (secondary N) is 1. The molecular weight excluding hydrogens is 276 g/mol. The standard InChI is InChI=1S/C12H17F2NO3S/c1-2-11(16)5-6-15-19(17,18)8-9-3-4-10(13)7-12(9)14/h3-4,7,11,15-16H,2,5-6,8H2,1H3. The van der Waals surface area contributed by atoms with Gasteiger partial charge in [-0.3, -0.25) is 0 Å². The van der Waals surface area contributed by atoms with E-state index >= 15 is 0 Å². The maximum Gasteiger partial charge on any atom is 0.215 e. The van der Waals surface area contributed by atoms with Crippen molar-refractivity contribution in [2.24, 2.45) is 0 Å². The summed E-state index contributed by atoms with van der Waals surface area (Å²) in [5.41, 5.74) is -0.0926. The van der Waals surface area contributed by atoms with Gasteiger partial charge in [0.05, 0.1) is 11.9 Å². The topological polar surface area (TPSA) is 66.4 Å². The lowest BCUT2D eigenvalue weighted by molar-refractivity contribution is 0.162. The smallest absolute Gasteiger partial charge is 0.215 e. The summed E-state index contributed by atoms with van der Waals surface area (Å²) in [6.45, 7) is 1.87. The molecule has 1 atom stereocenters. The Morgan fingerprint density at radius 2 is 2.05 bits per heavy atom. The summed E-state index contributed by atoms with van der Waals surface area (Å²) in [6.07, 6.45) is 0.265. The van der Waals surface area contributed by atoms with Crippen LogP contribution in [0.3, 0.4) is 0 Å². The second-order valence-corrected chi connectivity index (χ2v) is 6.05. The molecule has 0 saturated heterocycles. The highest BCUT2D eigenvalue weighted by Gasteiger charge is 2.15. The molecule has 2 N–H and O–H groups in total. The number of halogens is 2. The Kier molecular flexibility index (Phi) is 5.84. The number of hydrogen-bond donors (Lipinski definition) is 2. The predicted molar refractivity (Wildman–Crippen MR) is 67.9 cm³/mol. The molecule has 1 unspecified atom stereocenters. The van der Waals surface area contributed by atoms with Crippen molar-refractivity contribution < 1.29 is 22.3 Å². The lowest BCUT2D eigenvalue weighted by Gasteiger charge is -2.10. The first-order chi connectivity index (χ1) is 8.84. The van der Waals surface area contributed by atoms with Gasteiger partial charge in [0.2, 0.25) is 10.0 Å². The number of hydrogen-bond acceptors (Lipinski definition) is 3. The van der Waals surface area contributed by atoms with Crippen LogP contribution in [-0.2, 0) is 15.8 Å². The van der Waals surface area contributed by atoms with Crippen LogP contribution < -0.4 is 4.72 Å². The third-order valence-corrected chi connectivity index (χ3v) is 3.97. The summed E-state index contributed by atoms with van der Waals surface area (Å²) in [5.74, 6) is -2.20. The molecule has 4 nitrogen and oxygen atoms in total. The van der Waals surface area contributed by atoms with Crippen molar-refractivity contribution in [3.63, 3.8) is 0 Å². The molecule has 0 heterocycles. The Labute approximate surface area is 111 Å². The lowest BCUT2D eigenvalue weighted by Crippen LogP contribution is -2.28. The van der Waals surface area contributed by atoms with E-state index in [1.165, 1.54) is 0 Å². The van der Waals surface area contributed by atoms with E-state index in [4.69, 9.17) is 0 Å². The van der Waals surface area contributed by atoms with Crippen molar-refractivity contribution in [2.75, 3.05) is 6.54 Å². The molecule has 0 bridgehead atoms. The van der Waals surface area contributed by atoms with Crippen LogP contribution >= 0.6 is 0 Å². The molecule has 7 heteroatoms. The van der Waals surface area contributed by atoms with Gasteiger partial charge < -0.3 is 5.11 Å². The highest BCUT2D eigenvalue weighted by atomic mass is 32.2. The van der Waals surface area contributed by atoms with E-state index in [1.807, 2.05) is 0 Å². The van der Waals surface area contributed by atoms with E-state index in [-0.39, 0.29) is 12.1 Å². The van der Waals surface area contributed by atoms with Gasteiger partial charge in [0.15, 0.2) is 0 Å². The van der Waals surface area contributed by atoms with Crippen LogP contribution in [0.1, 0.15) is 25.3 Å². The number of benzene rings is 1. The van der Waals surface area contributed by atoms with Gasteiger partial charge in [-0.05, 0) is 18.9 Å². The minimum atomic E-state index is -3.70. The molecule has 108 valence electrons. The fourth-order valence-corrected chi connectivity index (χ4v) is 2.65. The summed E-state index contributed by atoms with van der Waals surface area (Å²) in [4.78, 5) is 0. The van der Waals surface area contributed by atoms with Crippen LogP contribution in [0.15, 0.2) is 18.2 Å². The Balaban J connectivity index is 2.59. The van der Waals surface area contributed by atoms with Crippen molar-refractivity contribution in [1.29, 1.82) is 0 Å². The molecule has 1 rings (SSSR count). The second-order valence-electron chi connectivity index (χ2n) is 4.24. The van der Waals surface area contributed by atoms with E-state index in [0.717, 1.165) is 12.1 Å². The van der Waals surface area contributed by atoms with Gasteiger partial charge in [-0.2, -0.15) is 0 Å². The highest BCUT2D eigenvalue weighted by molar-refractivity contribution is 7.88. The van der Waals surface area contributed by atoms with Gasteiger partial charge in [-0.1, -0.05) is 13.0 Å². The maximum atomic E-state index is 13.3. The Morgan fingerprint density at radius 3 is 2.63 bits per heavy atom. The normalized spacial score (nSPS) is 13.5. The summed E-state index contributed by atoms with van der Waals surface area (Å²) < 4.78 is 51.6. The Hall–Kier alpha value is -1.05. The zero-order valence-electron chi connectivity index (χ0n) is 10.6. The van der Waals surface area contributed by atoms with Gasteiger partial charge in [0.1, 0.15) is 11.6 Å². The van der Waals surface area contributed by atoms with Crippen LogP contribution in [0.4, 0.5) is 8.78 Å². The second kappa shape index (κ2) is 6.93. The SMILES string of the molecule is CCC(O)CCNS(=O)(=O)Cc1ccc(F)cc1F. The first-order valence-electron chi connectivity index (χ1n) is 5.93. The average Bonchev–Trinajstić information content (AvgIpc) is 2.32. The van der Waals surface area contributed by atoms with Gasteiger partial charge in [-0.25, -0.2) is 21.9 Å². The molecular formula is C12H17F2NO3S. The van der Waals surface area contributed by atoms with Crippen molar-refractivity contribution in [2.45, 2.75) is 31.6 Å². The van der Waals surface area contributed by atoms with Crippen LogP contribution in [0.25, 0.3) is 0 Å². The van der Waals surface area contributed by atoms with E-state index in [9.17, 15) is 22.3 Å². The minimum Gasteiger partial charge on any atom is -0.393 e. The lowest BCUT2D eigenvalue weighted by atomic mass is 10.2. The third kappa shape index (κ3) is 5.63. The van der Waals surface area contributed by atoms with Crippen molar-refractivity contribution in [3.05, 3.63) is 35.4 Å². The van der Waals surface area contributed by atoms with Gasteiger partial charge in [-0.15, -0.1) is 0 Å². The summed E-state index contributed by atoms with van der Waals surface area (Å²) in [6, 6.07) is 2.76. The quantitative estimate of drug-likeness (QED) is 0.801. The first kappa shape index (κ1) is 16.0. The van der Waals surface area contributed by atoms with Crippen LogP contribution in [0.2, 0.25) is 0 Å². The molecule has 19 heavy (non-hydrogen) atoms. The average molecular weight is 293 g/mol. The van der Waals surface area contributed by atoms with E-state index in [1.54, 1.807) is 6.92 Å². The maximum absolute atomic E-state index is 13.3. The number of aliphatic hydroxyl groups excluding tert-OH is 1. The van der Waals surface area contributed by atoms with Gasteiger partial charge >= 0.3 is 0 Å². The van der Waals surface area contributed by atoms with Crippen LogP contribution in [0, 0.1) is 11.6 Å². The molecule has 0 radical (unpaired) electrons. The monoisotopic (exact) mass is 293 g/mol. The largest absolute Gasteiger partial charge is 0.393 e. The Morgan fingerprint density at radius 1 is 1.37 bits per heavy atom. The van der Waals surface area contributed by atoms with E-state index < -0.39 is 33.5 Å². The fraction of sp³-hybridized carbons (Fsp3) is 0.500. The summed E-state index contributed by atoms with van der Waals surface area (Å²) in [5, 5.41) is 9.28. The predicted octanol–water partition coefficient (Wildman–Crippen LogP) is 1.55. The van der Waals surface area contributed by atoms with Crippen LogP contribution in [0.5, 0.6) is 0 Å². The molecule has 0 aromatic heterocycles. The van der Waals surface area contributed by atoms with Gasteiger partial charge in [0.25, 0.3) is 0 Å². The van der Waals surface area contributed by atoms with Crippen molar-refractivity contribution in [1.82, 2.24) is 4.72 Å². The minimum absolute atomic E-state index is 0.0835. The molecule has 0 aliphatic rings. The van der Waals surface area contributed by atoms with Gasteiger partial charge in [0, 0.05) is 18.2 Å². The van der Waals surface area contributed by atoms with E-state index in [2.05, 4.69) is 4.72 Å². The molecule has 0 saturated carbocycles. The number of sulfonamides is 1. The molecule has 1 aromatic rings. The third-order valence-electron chi connectivity index (χ3n) is 2.63.